The van der Waals surface area contributed by atoms with Gasteiger partial charge in [0.2, 0.25) is 0 Å². The van der Waals surface area contributed by atoms with E-state index in [2.05, 4.69) is 23.5 Å². The van der Waals surface area contributed by atoms with E-state index in [9.17, 15) is 0 Å². The molecule has 0 radical (unpaired) electrons. The molecular weight excluding hydrogens is 210 g/mol. The second kappa shape index (κ2) is 6.45. The lowest BCUT2D eigenvalue weighted by Crippen LogP contribution is -2.14. The Hall–Kier alpha value is -1.28. The van der Waals surface area contributed by atoms with E-state index in [4.69, 9.17) is 4.74 Å². The first kappa shape index (κ1) is 12.2. The highest BCUT2D eigenvalue weighted by atomic mass is 16.5. The highest BCUT2D eigenvalue weighted by Gasteiger charge is 2.03. The molecule has 1 aromatic carbocycles. The first-order valence-corrected chi connectivity index (χ1v) is 6.40. The first-order chi connectivity index (χ1) is 8.38. The van der Waals surface area contributed by atoms with Crippen molar-refractivity contribution >= 4 is 0 Å². The van der Waals surface area contributed by atoms with Gasteiger partial charge >= 0.3 is 0 Å². The fourth-order valence-electron chi connectivity index (χ4n) is 2.19. The van der Waals surface area contributed by atoms with Crippen LogP contribution in [0.25, 0.3) is 0 Å². The zero-order valence-corrected chi connectivity index (χ0v) is 10.5. The number of ether oxygens (including phenoxy) is 1. The van der Waals surface area contributed by atoms with Gasteiger partial charge < -0.3 is 10.1 Å². The van der Waals surface area contributed by atoms with Crippen molar-refractivity contribution in [2.45, 2.75) is 32.2 Å². The number of nitrogens with one attached hydrogen (secondary N) is 1. The number of benzene rings is 1. The Labute approximate surface area is 104 Å². The molecule has 0 heterocycles. The summed E-state index contributed by atoms with van der Waals surface area (Å²) in [5.74, 6) is 0.921. The third kappa shape index (κ3) is 3.90. The lowest BCUT2D eigenvalue weighted by Gasteiger charge is -2.06. The molecule has 0 atom stereocenters. The van der Waals surface area contributed by atoms with Gasteiger partial charge in [-0.2, -0.15) is 0 Å². The maximum absolute atomic E-state index is 5.13. The molecule has 0 aromatic heterocycles. The summed E-state index contributed by atoms with van der Waals surface area (Å²) < 4.78 is 5.13. The molecule has 92 valence electrons. The van der Waals surface area contributed by atoms with Crippen molar-refractivity contribution in [1.82, 2.24) is 5.32 Å². The lowest BCUT2D eigenvalue weighted by molar-refractivity contribution is 0.414. The van der Waals surface area contributed by atoms with Crippen LogP contribution >= 0.6 is 0 Å². The van der Waals surface area contributed by atoms with Gasteiger partial charge in [-0.3, -0.25) is 0 Å². The molecule has 0 saturated heterocycles. The number of allylic oxidation sites excluding steroid dienone is 1. The van der Waals surface area contributed by atoms with Crippen molar-refractivity contribution in [1.29, 1.82) is 0 Å². The maximum atomic E-state index is 5.13. The molecule has 0 amide bonds. The van der Waals surface area contributed by atoms with Gasteiger partial charge in [-0.15, -0.1) is 0 Å². The van der Waals surface area contributed by atoms with E-state index in [-0.39, 0.29) is 0 Å². The normalized spacial score (nSPS) is 14.8. The molecule has 1 N–H and O–H groups in total. The Balaban J connectivity index is 1.67. The Morgan fingerprint density at radius 2 is 2.06 bits per heavy atom. The van der Waals surface area contributed by atoms with Crippen molar-refractivity contribution in [3.05, 3.63) is 41.5 Å². The molecule has 0 bridgehead atoms. The molecule has 0 fully saturated rings. The average Bonchev–Trinajstić information content (AvgIpc) is 2.88. The third-order valence-corrected chi connectivity index (χ3v) is 3.25. The summed E-state index contributed by atoms with van der Waals surface area (Å²) in [5, 5.41) is 3.48. The SMILES string of the molecule is COc1ccc(CNCCC2=CCCC2)cc1. The van der Waals surface area contributed by atoms with Gasteiger partial charge in [0.25, 0.3) is 0 Å². The molecule has 2 heteroatoms. The van der Waals surface area contributed by atoms with E-state index in [0.717, 1.165) is 18.8 Å². The number of rotatable bonds is 6. The van der Waals surface area contributed by atoms with Crippen molar-refractivity contribution in [2.75, 3.05) is 13.7 Å². The molecular formula is C15H21NO. The predicted octanol–water partition coefficient (Wildman–Crippen LogP) is 3.29. The van der Waals surface area contributed by atoms with Crippen LogP contribution in [-0.4, -0.2) is 13.7 Å². The Bertz CT molecular complexity index is 367. The molecule has 0 aliphatic heterocycles. The van der Waals surface area contributed by atoms with Crippen LogP contribution in [0, 0.1) is 0 Å². The number of methoxy groups -OCH3 is 1. The summed E-state index contributed by atoms with van der Waals surface area (Å²) in [6.07, 6.45) is 7.55. The van der Waals surface area contributed by atoms with Crippen molar-refractivity contribution in [3.8, 4) is 5.75 Å². The summed E-state index contributed by atoms with van der Waals surface area (Å²) in [6, 6.07) is 8.24. The van der Waals surface area contributed by atoms with E-state index in [1.54, 1.807) is 12.7 Å². The molecule has 1 aromatic rings. The monoisotopic (exact) mass is 231 g/mol. The minimum atomic E-state index is 0.921. The molecule has 0 unspecified atom stereocenters. The number of hydrogen-bond acceptors (Lipinski definition) is 2. The molecule has 1 aliphatic carbocycles. The molecule has 1 aliphatic rings. The largest absolute Gasteiger partial charge is 0.497 e. The lowest BCUT2D eigenvalue weighted by atomic mass is 10.1. The van der Waals surface area contributed by atoms with Gasteiger partial charge in [-0.25, -0.2) is 0 Å². The van der Waals surface area contributed by atoms with Crippen LogP contribution in [0.3, 0.4) is 0 Å². The van der Waals surface area contributed by atoms with Crippen LogP contribution in [0.2, 0.25) is 0 Å². The first-order valence-electron chi connectivity index (χ1n) is 6.40. The van der Waals surface area contributed by atoms with Crippen LogP contribution in [0.5, 0.6) is 5.75 Å². The molecule has 0 spiro atoms. The fourth-order valence-corrected chi connectivity index (χ4v) is 2.19. The maximum Gasteiger partial charge on any atom is 0.118 e. The standard InChI is InChI=1S/C15H21NO/c1-17-15-8-6-14(7-9-15)12-16-11-10-13-4-2-3-5-13/h4,6-9,16H,2-3,5,10-12H2,1H3. The van der Waals surface area contributed by atoms with Gasteiger partial charge in [-0.1, -0.05) is 23.8 Å². The Morgan fingerprint density at radius 1 is 1.24 bits per heavy atom. The van der Waals surface area contributed by atoms with Crippen molar-refractivity contribution in [3.63, 3.8) is 0 Å². The van der Waals surface area contributed by atoms with Crippen molar-refractivity contribution < 1.29 is 4.74 Å². The summed E-state index contributed by atoms with van der Waals surface area (Å²) in [6.45, 7) is 2.02. The highest BCUT2D eigenvalue weighted by Crippen LogP contribution is 2.19. The summed E-state index contributed by atoms with van der Waals surface area (Å²) >= 11 is 0. The molecule has 0 saturated carbocycles. The van der Waals surface area contributed by atoms with Crippen LogP contribution in [0.4, 0.5) is 0 Å². The zero-order valence-electron chi connectivity index (χ0n) is 10.5. The van der Waals surface area contributed by atoms with E-state index in [0.29, 0.717) is 0 Å². The molecule has 2 rings (SSSR count). The van der Waals surface area contributed by atoms with E-state index in [1.807, 2.05) is 12.1 Å². The summed E-state index contributed by atoms with van der Waals surface area (Å²) in [7, 11) is 1.70. The molecule has 2 nitrogen and oxygen atoms in total. The highest BCUT2D eigenvalue weighted by molar-refractivity contribution is 5.27. The van der Waals surface area contributed by atoms with Crippen LogP contribution in [-0.2, 0) is 6.54 Å². The minimum Gasteiger partial charge on any atom is -0.497 e. The van der Waals surface area contributed by atoms with E-state index in [1.165, 1.54) is 31.2 Å². The van der Waals surface area contributed by atoms with Crippen LogP contribution in [0.15, 0.2) is 35.9 Å². The van der Waals surface area contributed by atoms with Crippen LogP contribution in [0.1, 0.15) is 31.2 Å². The summed E-state index contributed by atoms with van der Waals surface area (Å²) in [5.41, 5.74) is 2.94. The van der Waals surface area contributed by atoms with E-state index < -0.39 is 0 Å². The van der Waals surface area contributed by atoms with Gasteiger partial charge in [0, 0.05) is 6.54 Å². The zero-order chi connectivity index (χ0) is 11.9. The van der Waals surface area contributed by atoms with Gasteiger partial charge in [0.15, 0.2) is 0 Å². The Kier molecular flexibility index (Phi) is 4.63. The second-order valence-electron chi connectivity index (χ2n) is 4.53. The van der Waals surface area contributed by atoms with Crippen LogP contribution < -0.4 is 10.1 Å². The minimum absolute atomic E-state index is 0.921. The third-order valence-electron chi connectivity index (χ3n) is 3.25. The van der Waals surface area contributed by atoms with Gasteiger partial charge in [-0.05, 0) is 49.9 Å². The van der Waals surface area contributed by atoms with E-state index >= 15 is 0 Å². The molecule has 17 heavy (non-hydrogen) atoms. The topological polar surface area (TPSA) is 21.3 Å². The Morgan fingerprint density at radius 3 is 2.71 bits per heavy atom. The predicted molar refractivity (Wildman–Crippen MR) is 71.3 cm³/mol. The van der Waals surface area contributed by atoms with Gasteiger partial charge in [0.05, 0.1) is 7.11 Å². The number of hydrogen-bond donors (Lipinski definition) is 1. The quantitative estimate of drug-likeness (QED) is 0.599. The summed E-state index contributed by atoms with van der Waals surface area (Å²) in [4.78, 5) is 0. The second-order valence-corrected chi connectivity index (χ2v) is 4.53. The fraction of sp³-hybridized carbons (Fsp3) is 0.467. The van der Waals surface area contributed by atoms with Gasteiger partial charge in [0.1, 0.15) is 5.75 Å². The van der Waals surface area contributed by atoms with Crippen molar-refractivity contribution in [2.24, 2.45) is 0 Å². The smallest absolute Gasteiger partial charge is 0.118 e. The average molecular weight is 231 g/mol.